The Balaban J connectivity index is 2.63. The summed E-state index contributed by atoms with van der Waals surface area (Å²) in [6, 6.07) is 6.10. The number of carbonyl (C=O) groups is 1. The highest BCUT2D eigenvalue weighted by Crippen LogP contribution is 2.15. The van der Waals surface area contributed by atoms with Gasteiger partial charge in [-0.15, -0.1) is 0 Å². The molecule has 1 amide bonds. The molecular formula is C14H23N3O3S. The van der Waals surface area contributed by atoms with Gasteiger partial charge in [0.05, 0.1) is 10.9 Å². The first-order chi connectivity index (χ1) is 9.74. The largest absolute Gasteiger partial charge is 0.350 e. The van der Waals surface area contributed by atoms with E-state index in [4.69, 9.17) is 5.14 Å². The van der Waals surface area contributed by atoms with Gasteiger partial charge in [-0.05, 0) is 38.1 Å². The number of primary sulfonamides is 1. The van der Waals surface area contributed by atoms with E-state index < -0.39 is 10.0 Å². The summed E-state index contributed by atoms with van der Waals surface area (Å²) in [5, 5.41) is 11.1. The molecule has 118 valence electrons. The summed E-state index contributed by atoms with van der Waals surface area (Å²) < 4.78 is 22.4. The first-order valence-corrected chi connectivity index (χ1v) is 8.44. The van der Waals surface area contributed by atoms with Crippen molar-refractivity contribution in [1.82, 2.24) is 10.6 Å². The predicted octanol–water partition coefficient (Wildman–Crippen LogP) is 0.899. The highest BCUT2D eigenvalue weighted by atomic mass is 32.2. The molecule has 7 heteroatoms. The molecule has 0 bridgehead atoms. The van der Waals surface area contributed by atoms with Crippen molar-refractivity contribution in [2.45, 2.75) is 44.2 Å². The SMILES string of the molecule is CCNC(C)CC(=O)NC(C)c1ccc(S(N)(=O)=O)cc1. The summed E-state index contributed by atoms with van der Waals surface area (Å²) in [5.41, 5.74) is 0.826. The van der Waals surface area contributed by atoms with Crippen molar-refractivity contribution in [3.05, 3.63) is 29.8 Å². The van der Waals surface area contributed by atoms with Crippen molar-refractivity contribution in [2.75, 3.05) is 6.54 Å². The Kier molecular flexibility index (Phi) is 6.32. The van der Waals surface area contributed by atoms with E-state index in [0.717, 1.165) is 12.1 Å². The maximum absolute atomic E-state index is 11.9. The zero-order chi connectivity index (χ0) is 16.0. The highest BCUT2D eigenvalue weighted by Gasteiger charge is 2.13. The molecule has 0 saturated heterocycles. The molecule has 0 heterocycles. The molecule has 6 nitrogen and oxygen atoms in total. The van der Waals surface area contributed by atoms with E-state index in [1.807, 2.05) is 20.8 Å². The second kappa shape index (κ2) is 7.53. The van der Waals surface area contributed by atoms with Crippen molar-refractivity contribution < 1.29 is 13.2 Å². The Morgan fingerprint density at radius 2 is 1.81 bits per heavy atom. The van der Waals surface area contributed by atoms with Crippen LogP contribution in [0.1, 0.15) is 38.8 Å². The van der Waals surface area contributed by atoms with Crippen LogP contribution in [0.15, 0.2) is 29.2 Å². The molecule has 0 spiro atoms. The van der Waals surface area contributed by atoms with Crippen LogP contribution in [0.3, 0.4) is 0 Å². The fraction of sp³-hybridized carbons (Fsp3) is 0.500. The van der Waals surface area contributed by atoms with Crippen LogP contribution in [-0.2, 0) is 14.8 Å². The van der Waals surface area contributed by atoms with Crippen molar-refractivity contribution in [3.8, 4) is 0 Å². The van der Waals surface area contributed by atoms with Gasteiger partial charge in [0.15, 0.2) is 0 Å². The predicted molar refractivity (Wildman–Crippen MR) is 82.1 cm³/mol. The smallest absolute Gasteiger partial charge is 0.238 e. The van der Waals surface area contributed by atoms with Gasteiger partial charge in [-0.1, -0.05) is 19.1 Å². The summed E-state index contributed by atoms with van der Waals surface area (Å²) in [5.74, 6) is -0.0496. The lowest BCUT2D eigenvalue weighted by atomic mass is 10.1. The van der Waals surface area contributed by atoms with E-state index in [-0.39, 0.29) is 22.9 Å². The highest BCUT2D eigenvalue weighted by molar-refractivity contribution is 7.89. The second-order valence-corrected chi connectivity index (χ2v) is 6.63. The summed E-state index contributed by atoms with van der Waals surface area (Å²) in [6.45, 7) is 6.61. The normalized spacial score (nSPS) is 14.5. The number of amides is 1. The summed E-state index contributed by atoms with van der Waals surface area (Å²) in [6.07, 6.45) is 0.396. The molecule has 1 aromatic rings. The molecule has 21 heavy (non-hydrogen) atoms. The first-order valence-electron chi connectivity index (χ1n) is 6.89. The fourth-order valence-corrected chi connectivity index (χ4v) is 2.54. The molecule has 1 aromatic carbocycles. The zero-order valence-electron chi connectivity index (χ0n) is 12.6. The van der Waals surface area contributed by atoms with Crippen LogP contribution in [0.5, 0.6) is 0 Å². The molecule has 0 aliphatic rings. The molecule has 0 aromatic heterocycles. The van der Waals surface area contributed by atoms with Crippen LogP contribution in [-0.4, -0.2) is 26.9 Å². The maximum Gasteiger partial charge on any atom is 0.238 e. The average molecular weight is 313 g/mol. The lowest BCUT2D eigenvalue weighted by Gasteiger charge is -2.17. The quantitative estimate of drug-likeness (QED) is 0.696. The van der Waals surface area contributed by atoms with E-state index in [1.165, 1.54) is 12.1 Å². The number of nitrogens with one attached hydrogen (secondary N) is 2. The number of benzene rings is 1. The van der Waals surface area contributed by atoms with Gasteiger partial charge in [-0.3, -0.25) is 4.79 Å². The van der Waals surface area contributed by atoms with E-state index in [1.54, 1.807) is 12.1 Å². The van der Waals surface area contributed by atoms with E-state index in [9.17, 15) is 13.2 Å². The van der Waals surface area contributed by atoms with Crippen molar-refractivity contribution in [2.24, 2.45) is 5.14 Å². The van der Waals surface area contributed by atoms with Crippen LogP contribution in [0.4, 0.5) is 0 Å². The topological polar surface area (TPSA) is 101 Å². The number of hydrogen-bond acceptors (Lipinski definition) is 4. The van der Waals surface area contributed by atoms with Crippen LogP contribution < -0.4 is 15.8 Å². The monoisotopic (exact) mass is 313 g/mol. The van der Waals surface area contributed by atoms with Crippen molar-refractivity contribution in [3.63, 3.8) is 0 Å². The molecule has 0 fully saturated rings. The Hall–Kier alpha value is -1.44. The maximum atomic E-state index is 11.9. The van der Waals surface area contributed by atoms with Gasteiger partial charge in [-0.2, -0.15) is 0 Å². The van der Waals surface area contributed by atoms with Gasteiger partial charge >= 0.3 is 0 Å². The molecular weight excluding hydrogens is 290 g/mol. The minimum atomic E-state index is -3.69. The van der Waals surface area contributed by atoms with Gasteiger partial charge in [0, 0.05) is 12.5 Å². The first kappa shape index (κ1) is 17.6. The van der Waals surface area contributed by atoms with Gasteiger partial charge in [-0.25, -0.2) is 13.6 Å². The molecule has 0 aliphatic heterocycles. The second-order valence-electron chi connectivity index (χ2n) is 5.07. The standard InChI is InChI=1S/C14H23N3O3S/c1-4-16-10(2)9-14(18)17-11(3)12-5-7-13(8-6-12)21(15,19)20/h5-8,10-11,16H,4,9H2,1-3H3,(H,17,18)(H2,15,19,20). The molecule has 2 atom stereocenters. The van der Waals surface area contributed by atoms with E-state index in [0.29, 0.717) is 6.42 Å². The van der Waals surface area contributed by atoms with Gasteiger partial charge in [0.1, 0.15) is 0 Å². The van der Waals surface area contributed by atoms with Gasteiger partial charge < -0.3 is 10.6 Å². The zero-order valence-corrected chi connectivity index (χ0v) is 13.4. The van der Waals surface area contributed by atoms with Crippen molar-refractivity contribution in [1.29, 1.82) is 0 Å². The number of nitrogens with two attached hydrogens (primary N) is 1. The number of sulfonamides is 1. The van der Waals surface area contributed by atoms with Crippen LogP contribution in [0.25, 0.3) is 0 Å². The molecule has 2 unspecified atom stereocenters. The summed E-state index contributed by atoms with van der Waals surface area (Å²) in [7, 11) is -3.69. The molecule has 1 rings (SSSR count). The molecule has 0 saturated carbocycles. The Bertz CT molecular complexity index is 570. The third-order valence-corrected chi connectivity index (χ3v) is 4.06. The lowest BCUT2D eigenvalue weighted by Crippen LogP contribution is -2.34. The summed E-state index contributed by atoms with van der Waals surface area (Å²) >= 11 is 0. The molecule has 0 radical (unpaired) electrons. The molecule has 0 aliphatic carbocycles. The van der Waals surface area contributed by atoms with Gasteiger partial charge in [0.25, 0.3) is 0 Å². The number of rotatable bonds is 7. The van der Waals surface area contributed by atoms with E-state index >= 15 is 0 Å². The minimum Gasteiger partial charge on any atom is -0.350 e. The number of hydrogen-bond donors (Lipinski definition) is 3. The number of carbonyl (C=O) groups excluding carboxylic acids is 1. The Labute approximate surface area is 126 Å². The van der Waals surface area contributed by atoms with Crippen molar-refractivity contribution >= 4 is 15.9 Å². The Morgan fingerprint density at radius 1 is 1.24 bits per heavy atom. The van der Waals surface area contributed by atoms with Crippen LogP contribution in [0.2, 0.25) is 0 Å². The van der Waals surface area contributed by atoms with E-state index in [2.05, 4.69) is 10.6 Å². The van der Waals surface area contributed by atoms with Gasteiger partial charge in [0.2, 0.25) is 15.9 Å². The fourth-order valence-electron chi connectivity index (χ4n) is 2.03. The van der Waals surface area contributed by atoms with Crippen LogP contribution >= 0.6 is 0 Å². The average Bonchev–Trinajstić information content (AvgIpc) is 2.37. The third kappa shape index (κ3) is 5.82. The minimum absolute atomic E-state index is 0.0496. The Morgan fingerprint density at radius 3 is 2.29 bits per heavy atom. The lowest BCUT2D eigenvalue weighted by molar-refractivity contribution is -0.122. The van der Waals surface area contributed by atoms with Crippen LogP contribution in [0, 0.1) is 0 Å². The third-order valence-electron chi connectivity index (χ3n) is 3.13. The molecule has 4 N–H and O–H groups in total. The summed E-state index contributed by atoms with van der Waals surface area (Å²) in [4.78, 5) is 11.9.